The van der Waals surface area contributed by atoms with E-state index in [1.807, 2.05) is 31.3 Å². The van der Waals surface area contributed by atoms with Gasteiger partial charge in [-0.1, -0.05) is 31.5 Å². The lowest BCUT2D eigenvalue weighted by atomic mass is 10.00. The summed E-state index contributed by atoms with van der Waals surface area (Å²) in [6.07, 6.45) is 1.22. The van der Waals surface area contributed by atoms with E-state index in [-0.39, 0.29) is 6.10 Å². The molecule has 17 heavy (non-hydrogen) atoms. The van der Waals surface area contributed by atoms with Crippen molar-refractivity contribution in [1.82, 2.24) is 5.32 Å². The third-order valence-corrected chi connectivity index (χ3v) is 3.02. The van der Waals surface area contributed by atoms with E-state index in [0.29, 0.717) is 17.0 Å². The van der Waals surface area contributed by atoms with E-state index >= 15 is 0 Å². The van der Waals surface area contributed by atoms with Crippen LogP contribution >= 0.6 is 11.6 Å². The minimum atomic E-state index is 0.126. The van der Waals surface area contributed by atoms with Gasteiger partial charge in [0, 0.05) is 11.1 Å². The predicted octanol–water partition coefficient (Wildman–Crippen LogP) is 3.74. The normalized spacial score (nSPS) is 14.7. The summed E-state index contributed by atoms with van der Waals surface area (Å²) in [4.78, 5) is 0. The number of hydrogen-bond donors (Lipinski definition) is 1. The van der Waals surface area contributed by atoms with E-state index < -0.39 is 0 Å². The molecule has 1 N–H and O–H groups in total. The highest BCUT2D eigenvalue weighted by Crippen LogP contribution is 2.20. The zero-order chi connectivity index (χ0) is 12.8. The van der Waals surface area contributed by atoms with E-state index in [0.717, 1.165) is 12.2 Å². The van der Waals surface area contributed by atoms with Gasteiger partial charge in [0.2, 0.25) is 0 Å². The number of benzene rings is 1. The number of likely N-dealkylation sites (N-methyl/N-ethyl adjacent to an activating group) is 1. The molecule has 0 aliphatic heterocycles. The summed E-state index contributed by atoms with van der Waals surface area (Å²) in [7, 11) is 1.98. The van der Waals surface area contributed by atoms with Crippen LogP contribution in [0.5, 0.6) is 5.75 Å². The SMILES string of the molecule is CNC(CC(C)C)C(C)Oc1cccc(Cl)c1. The van der Waals surface area contributed by atoms with Crippen molar-refractivity contribution >= 4 is 11.6 Å². The first kappa shape index (κ1) is 14.3. The molecule has 0 radical (unpaired) electrons. The Bertz CT molecular complexity index is 341. The molecule has 3 heteroatoms. The van der Waals surface area contributed by atoms with Crippen molar-refractivity contribution in [3.8, 4) is 5.75 Å². The molecular formula is C14H22ClNO. The molecule has 1 aromatic carbocycles. The van der Waals surface area contributed by atoms with Crippen LogP contribution in [0.4, 0.5) is 0 Å². The average Bonchev–Trinajstić information content (AvgIpc) is 2.25. The second-order valence-electron chi connectivity index (χ2n) is 4.81. The Labute approximate surface area is 109 Å². The second-order valence-corrected chi connectivity index (χ2v) is 5.24. The zero-order valence-electron chi connectivity index (χ0n) is 11.0. The summed E-state index contributed by atoms with van der Waals surface area (Å²) in [5.41, 5.74) is 0. The Morgan fingerprint density at radius 2 is 2.00 bits per heavy atom. The minimum Gasteiger partial charge on any atom is -0.489 e. The molecule has 0 amide bonds. The van der Waals surface area contributed by atoms with E-state index in [4.69, 9.17) is 16.3 Å². The van der Waals surface area contributed by atoms with E-state index in [1.165, 1.54) is 0 Å². The molecule has 0 aromatic heterocycles. The fourth-order valence-electron chi connectivity index (χ4n) is 1.89. The van der Waals surface area contributed by atoms with Gasteiger partial charge in [0.15, 0.2) is 0 Å². The number of ether oxygens (including phenoxy) is 1. The van der Waals surface area contributed by atoms with Crippen LogP contribution in [-0.2, 0) is 0 Å². The van der Waals surface area contributed by atoms with E-state index in [2.05, 4.69) is 26.1 Å². The van der Waals surface area contributed by atoms with Crippen LogP contribution in [-0.4, -0.2) is 19.2 Å². The lowest BCUT2D eigenvalue weighted by Gasteiger charge is -2.26. The summed E-state index contributed by atoms with van der Waals surface area (Å²) in [5.74, 6) is 1.48. The number of hydrogen-bond acceptors (Lipinski definition) is 2. The molecule has 2 atom stereocenters. The molecule has 0 saturated heterocycles. The molecule has 1 rings (SSSR count). The standard InChI is InChI=1S/C14H22ClNO/c1-10(2)8-14(16-4)11(3)17-13-7-5-6-12(15)9-13/h5-7,9-11,14,16H,8H2,1-4H3. The Morgan fingerprint density at radius 3 is 2.53 bits per heavy atom. The fraction of sp³-hybridized carbons (Fsp3) is 0.571. The van der Waals surface area contributed by atoms with Gasteiger partial charge in [0.1, 0.15) is 11.9 Å². The van der Waals surface area contributed by atoms with Gasteiger partial charge in [0.05, 0.1) is 0 Å². The van der Waals surface area contributed by atoms with Crippen LogP contribution in [0.15, 0.2) is 24.3 Å². The van der Waals surface area contributed by atoms with Crippen LogP contribution in [0.2, 0.25) is 5.02 Å². The molecule has 0 fully saturated rings. The summed E-state index contributed by atoms with van der Waals surface area (Å²) in [5, 5.41) is 4.02. The van der Waals surface area contributed by atoms with Gasteiger partial charge >= 0.3 is 0 Å². The molecule has 0 aliphatic carbocycles. The molecular weight excluding hydrogens is 234 g/mol. The van der Waals surface area contributed by atoms with Crippen molar-refractivity contribution in [2.75, 3.05) is 7.05 Å². The second kappa shape index (κ2) is 6.87. The molecule has 96 valence electrons. The largest absolute Gasteiger partial charge is 0.489 e. The minimum absolute atomic E-state index is 0.126. The zero-order valence-corrected chi connectivity index (χ0v) is 11.8. The van der Waals surface area contributed by atoms with Crippen molar-refractivity contribution in [1.29, 1.82) is 0 Å². The monoisotopic (exact) mass is 255 g/mol. The van der Waals surface area contributed by atoms with E-state index in [1.54, 1.807) is 0 Å². The van der Waals surface area contributed by atoms with Crippen molar-refractivity contribution in [2.45, 2.75) is 39.3 Å². The van der Waals surface area contributed by atoms with Gasteiger partial charge in [-0.25, -0.2) is 0 Å². The molecule has 0 heterocycles. The molecule has 0 saturated carbocycles. The van der Waals surface area contributed by atoms with Gasteiger partial charge in [-0.2, -0.15) is 0 Å². The highest BCUT2D eigenvalue weighted by Gasteiger charge is 2.18. The van der Waals surface area contributed by atoms with Gasteiger partial charge in [-0.05, 0) is 44.5 Å². The maximum Gasteiger partial charge on any atom is 0.121 e. The number of halogens is 1. The highest BCUT2D eigenvalue weighted by molar-refractivity contribution is 6.30. The smallest absolute Gasteiger partial charge is 0.121 e. The summed E-state index contributed by atoms with van der Waals surface area (Å²) in [6, 6.07) is 7.89. The molecule has 1 aromatic rings. The Kier molecular flexibility index (Phi) is 5.79. The predicted molar refractivity (Wildman–Crippen MR) is 73.8 cm³/mol. The van der Waals surface area contributed by atoms with Crippen LogP contribution < -0.4 is 10.1 Å². The topological polar surface area (TPSA) is 21.3 Å². The average molecular weight is 256 g/mol. The van der Waals surface area contributed by atoms with Gasteiger partial charge in [-0.3, -0.25) is 0 Å². The molecule has 0 bridgehead atoms. The van der Waals surface area contributed by atoms with Crippen molar-refractivity contribution in [2.24, 2.45) is 5.92 Å². The lowest BCUT2D eigenvalue weighted by Crippen LogP contribution is -2.40. The lowest BCUT2D eigenvalue weighted by molar-refractivity contribution is 0.161. The Balaban J connectivity index is 2.60. The highest BCUT2D eigenvalue weighted by atomic mass is 35.5. The summed E-state index contributed by atoms with van der Waals surface area (Å²) < 4.78 is 5.90. The summed E-state index contributed by atoms with van der Waals surface area (Å²) in [6.45, 7) is 6.53. The van der Waals surface area contributed by atoms with Crippen molar-refractivity contribution in [3.05, 3.63) is 29.3 Å². The van der Waals surface area contributed by atoms with Crippen molar-refractivity contribution < 1.29 is 4.74 Å². The molecule has 2 nitrogen and oxygen atoms in total. The Hall–Kier alpha value is -0.730. The first-order valence-corrected chi connectivity index (χ1v) is 6.50. The van der Waals surface area contributed by atoms with Crippen LogP contribution in [0, 0.1) is 5.92 Å². The number of rotatable bonds is 6. The quantitative estimate of drug-likeness (QED) is 0.836. The van der Waals surface area contributed by atoms with Crippen LogP contribution in [0.3, 0.4) is 0 Å². The molecule has 0 aliphatic rings. The van der Waals surface area contributed by atoms with Crippen LogP contribution in [0.1, 0.15) is 27.2 Å². The fourth-order valence-corrected chi connectivity index (χ4v) is 2.07. The number of nitrogens with one attached hydrogen (secondary N) is 1. The molecule has 0 spiro atoms. The third-order valence-electron chi connectivity index (χ3n) is 2.78. The molecule has 2 unspecified atom stereocenters. The first-order valence-electron chi connectivity index (χ1n) is 6.12. The first-order chi connectivity index (χ1) is 8.02. The van der Waals surface area contributed by atoms with Crippen molar-refractivity contribution in [3.63, 3.8) is 0 Å². The Morgan fingerprint density at radius 1 is 1.29 bits per heavy atom. The van der Waals surface area contributed by atoms with Crippen LogP contribution in [0.25, 0.3) is 0 Å². The maximum absolute atomic E-state index is 5.93. The van der Waals surface area contributed by atoms with Gasteiger partial charge in [-0.15, -0.1) is 0 Å². The third kappa shape index (κ3) is 4.97. The van der Waals surface area contributed by atoms with Gasteiger partial charge < -0.3 is 10.1 Å². The van der Waals surface area contributed by atoms with Gasteiger partial charge in [0.25, 0.3) is 0 Å². The summed E-state index contributed by atoms with van der Waals surface area (Å²) >= 11 is 5.93. The van der Waals surface area contributed by atoms with E-state index in [9.17, 15) is 0 Å². The maximum atomic E-state index is 5.93.